The first-order chi connectivity index (χ1) is 9.46. The number of sulfonamides is 1. The molecular weight excluding hydrogens is 280 g/mol. The number of carboxylic acids is 1. The van der Waals surface area contributed by atoms with Crippen LogP contribution in [0.2, 0.25) is 0 Å². The van der Waals surface area contributed by atoms with Gasteiger partial charge in [-0.1, -0.05) is 19.8 Å². The van der Waals surface area contributed by atoms with Gasteiger partial charge in [-0.3, -0.25) is 0 Å². The van der Waals surface area contributed by atoms with Gasteiger partial charge in [0.1, 0.15) is 10.6 Å². The molecule has 0 aromatic carbocycles. The molecule has 7 heteroatoms. The highest BCUT2D eigenvalue weighted by atomic mass is 32.2. The lowest BCUT2D eigenvalue weighted by Crippen LogP contribution is -2.39. The standard InChI is InChI=1S/C13H20N2O4S/c1-2-10-6-4-3-5-7-15(10)20(18,19)11-8-12(13(16)17)14-9-11/h8-10,14H,2-7H2,1H3,(H,16,17). The number of carbonyl (C=O) groups is 1. The van der Waals surface area contributed by atoms with Crippen molar-refractivity contribution in [1.29, 1.82) is 0 Å². The molecule has 2 rings (SSSR count). The van der Waals surface area contributed by atoms with Crippen molar-refractivity contribution in [2.75, 3.05) is 6.54 Å². The molecular formula is C13H20N2O4S. The number of hydrogen-bond donors (Lipinski definition) is 2. The quantitative estimate of drug-likeness (QED) is 0.890. The van der Waals surface area contributed by atoms with Gasteiger partial charge in [-0.25, -0.2) is 13.2 Å². The molecule has 0 saturated carbocycles. The van der Waals surface area contributed by atoms with Crippen LogP contribution in [-0.4, -0.2) is 41.4 Å². The van der Waals surface area contributed by atoms with Crippen molar-refractivity contribution in [2.24, 2.45) is 0 Å². The van der Waals surface area contributed by atoms with Crippen LogP contribution >= 0.6 is 0 Å². The molecule has 0 spiro atoms. The van der Waals surface area contributed by atoms with Crippen LogP contribution in [-0.2, 0) is 10.0 Å². The Balaban J connectivity index is 2.33. The fourth-order valence-electron chi connectivity index (χ4n) is 2.66. The largest absolute Gasteiger partial charge is 0.477 e. The predicted octanol–water partition coefficient (Wildman–Crippen LogP) is 2.06. The summed E-state index contributed by atoms with van der Waals surface area (Å²) in [6, 6.07) is 1.20. The number of aromatic carboxylic acids is 1. The van der Waals surface area contributed by atoms with Crippen molar-refractivity contribution >= 4 is 16.0 Å². The Hall–Kier alpha value is -1.34. The summed E-state index contributed by atoms with van der Waals surface area (Å²) in [7, 11) is -3.62. The Kier molecular flexibility index (Phi) is 4.49. The van der Waals surface area contributed by atoms with Crippen LogP contribution in [0.25, 0.3) is 0 Å². The van der Waals surface area contributed by atoms with Gasteiger partial charge in [0.2, 0.25) is 10.0 Å². The molecule has 2 heterocycles. The third kappa shape index (κ3) is 2.88. The molecule has 112 valence electrons. The first-order valence-corrected chi connectivity index (χ1v) is 8.34. The SMILES string of the molecule is CCC1CCCCCN1S(=O)(=O)c1c[nH]c(C(=O)O)c1. The van der Waals surface area contributed by atoms with Crippen LogP contribution in [0.15, 0.2) is 17.2 Å². The number of hydrogen-bond acceptors (Lipinski definition) is 3. The number of nitrogens with zero attached hydrogens (tertiary/aromatic N) is 1. The summed E-state index contributed by atoms with van der Waals surface area (Å²) < 4.78 is 26.9. The smallest absolute Gasteiger partial charge is 0.352 e. The summed E-state index contributed by atoms with van der Waals surface area (Å²) in [6.07, 6.45) is 5.83. The topological polar surface area (TPSA) is 90.5 Å². The Morgan fingerprint density at radius 1 is 1.45 bits per heavy atom. The molecule has 1 aliphatic heterocycles. The third-order valence-corrected chi connectivity index (χ3v) is 5.72. The minimum atomic E-state index is -3.62. The van der Waals surface area contributed by atoms with Gasteiger partial charge >= 0.3 is 5.97 Å². The first kappa shape index (κ1) is 15.1. The van der Waals surface area contributed by atoms with Crippen LogP contribution in [0.1, 0.15) is 49.5 Å². The molecule has 0 amide bonds. The van der Waals surface area contributed by atoms with E-state index >= 15 is 0 Å². The summed E-state index contributed by atoms with van der Waals surface area (Å²) in [5, 5.41) is 8.88. The predicted molar refractivity (Wildman–Crippen MR) is 74.2 cm³/mol. The molecule has 1 atom stereocenters. The van der Waals surface area contributed by atoms with Crippen molar-refractivity contribution in [3.05, 3.63) is 18.0 Å². The van der Waals surface area contributed by atoms with E-state index in [0.29, 0.717) is 6.54 Å². The normalized spacial score (nSPS) is 21.6. The van der Waals surface area contributed by atoms with E-state index in [1.807, 2.05) is 6.92 Å². The first-order valence-electron chi connectivity index (χ1n) is 6.90. The van der Waals surface area contributed by atoms with E-state index in [4.69, 9.17) is 5.11 Å². The number of aromatic amines is 1. The molecule has 1 aliphatic rings. The van der Waals surface area contributed by atoms with Gasteiger partial charge in [-0.05, 0) is 25.3 Å². The van der Waals surface area contributed by atoms with Crippen LogP contribution in [0.5, 0.6) is 0 Å². The molecule has 1 aromatic rings. The molecule has 20 heavy (non-hydrogen) atoms. The summed E-state index contributed by atoms with van der Waals surface area (Å²) in [4.78, 5) is 13.4. The fraction of sp³-hybridized carbons (Fsp3) is 0.615. The average Bonchev–Trinajstić information content (AvgIpc) is 2.78. The van der Waals surface area contributed by atoms with E-state index in [2.05, 4.69) is 4.98 Å². The van der Waals surface area contributed by atoms with Crippen LogP contribution in [0, 0.1) is 0 Å². The Morgan fingerprint density at radius 2 is 2.20 bits per heavy atom. The van der Waals surface area contributed by atoms with E-state index < -0.39 is 16.0 Å². The molecule has 0 aliphatic carbocycles. The molecule has 0 radical (unpaired) electrons. The summed E-state index contributed by atoms with van der Waals surface area (Å²) in [5.41, 5.74) is -0.105. The highest BCUT2D eigenvalue weighted by Crippen LogP contribution is 2.26. The van der Waals surface area contributed by atoms with Crippen LogP contribution in [0.3, 0.4) is 0 Å². The number of carboxylic acid groups (broad SMARTS) is 1. The molecule has 1 aromatic heterocycles. The molecule has 1 fully saturated rings. The summed E-state index contributed by atoms with van der Waals surface area (Å²) in [6.45, 7) is 2.49. The van der Waals surface area contributed by atoms with Crippen molar-refractivity contribution in [3.63, 3.8) is 0 Å². The van der Waals surface area contributed by atoms with Crippen molar-refractivity contribution in [2.45, 2.75) is 50.0 Å². The Bertz CT molecular complexity index is 579. The maximum atomic E-state index is 12.7. The minimum Gasteiger partial charge on any atom is -0.477 e. The average molecular weight is 300 g/mol. The number of aromatic nitrogens is 1. The second-order valence-electron chi connectivity index (χ2n) is 5.08. The van der Waals surface area contributed by atoms with Gasteiger partial charge in [-0.2, -0.15) is 4.31 Å². The molecule has 1 saturated heterocycles. The maximum absolute atomic E-state index is 12.7. The lowest BCUT2D eigenvalue weighted by molar-refractivity contribution is 0.0691. The van der Waals surface area contributed by atoms with E-state index in [1.54, 1.807) is 0 Å². The lowest BCUT2D eigenvalue weighted by atomic mass is 10.1. The fourth-order valence-corrected chi connectivity index (χ4v) is 4.42. The monoisotopic (exact) mass is 300 g/mol. The molecule has 6 nitrogen and oxygen atoms in total. The van der Waals surface area contributed by atoms with E-state index in [9.17, 15) is 13.2 Å². The second kappa shape index (κ2) is 5.97. The zero-order valence-corrected chi connectivity index (χ0v) is 12.3. The van der Waals surface area contributed by atoms with Gasteiger partial charge in [0.25, 0.3) is 0 Å². The summed E-state index contributed by atoms with van der Waals surface area (Å²) >= 11 is 0. The van der Waals surface area contributed by atoms with Gasteiger partial charge in [0, 0.05) is 18.8 Å². The molecule has 0 bridgehead atoms. The Labute approximate surface area is 118 Å². The molecule has 2 N–H and O–H groups in total. The zero-order valence-electron chi connectivity index (χ0n) is 11.5. The lowest BCUT2D eigenvalue weighted by Gasteiger charge is -2.27. The van der Waals surface area contributed by atoms with E-state index in [-0.39, 0.29) is 16.6 Å². The zero-order chi connectivity index (χ0) is 14.8. The van der Waals surface area contributed by atoms with Gasteiger partial charge < -0.3 is 10.1 Å². The van der Waals surface area contributed by atoms with Gasteiger partial charge in [-0.15, -0.1) is 0 Å². The molecule has 1 unspecified atom stereocenters. The number of H-pyrrole nitrogens is 1. The second-order valence-corrected chi connectivity index (χ2v) is 6.97. The van der Waals surface area contributed by atoms with Crippen molar-refractivity contribution in [3.8, 4) is 0 Å². The number of rotatable bonds is 4. The highest BCUT2D eigenvalue weighted by Gasteiger charge is 2.32. The van der Waals surface area contributed by atoms with E-state index in [1.165, 1.54) is 16.6 Å². The van der Waals surface area contributed by atoms with Gasteiger partial charge in [0.15, 0.2) is 0 Å². The summed E-state index contributed by atoms with van der Waals surface area (Å²) in [5.74, 6) is -1.16. The highest BCUT2D eigenvalue weighted by molar-refractivity contribution is 7.89. The van der Waals surface area contributed by atoms with Gasteiger partial charge in [0.05, 0.1) is 0 Å². The van der Waals surface area contributed by atoms with Crippen molar-refractivity contribution < 1.29 is 18.3 Å². The number of nitrogens with one attached hydrogen (secondary N) is 1. The van der Waals surface area contributed by atoms with E-state index in [0.717, 1.165) is 32.1 Å². The maximum Gasteiger partial charge on any atom is 0.352 e. The third-order valence-electron chi connectivity index (χ3n) is 3.79. The Morgan fingerprint density at radius 3 is 2.80 bits per heavy atom. The van der Waals surface area contributed by atoms with Crippen molar-refractivity contribution in [1.82, 2.24) is 9.29 Å². The van der Waals surface area contributed by atoms with Crippen LogP contribution in [0.4, 0.5) is 0 Å². The minimum absolute atomic E-state index is 0.00526. The van der Waals surface area contributed by atoms with Crippen LogP contribution < -0.4 is 0 Å².